The van der Waals surface area contributed by atoms with E-state index >= 15 is 0 Å². The zero-order valence-corrected chi connectivity index (χ0v) is 18.3. The van der Waals surface area contributed by atoms with Crippen molar-refractivity contribution >= 4 is 11.6 Å². The predicted molar refractivity (Wildman–Crippen MR) is 122 cm³/mol. The van der Waals surface area contributed by atoms with Crippen LogP contribution in [-0.4, -0.2) is 13.0 Å². The molecule has 0 saturated heterocycles. The van der Waals surface area contributed by atoms with Gasteiger partial charge in [0, 0.05) is 16.8 Å². The number of benzene rings is 3. The topological polar surface area (TPSA) is 47.6 Å². The van der Waals surface area contributed by atoms with Gasteiger partial charge in [-0.2, -0.15) is 0 Å². The second kappa shape index (κ2) is 9.49. The third-order valence-corrected chi connectivity index (χ3v) is 4.95. The number of hydrogen-bond acceptors (Lipinski definition) is 3. The molecule has 0 aromatic heterocycles. The molecular weight excluding hydrogens is 374 g/mol. The van der Waals surface area contributed by atoms with Gasteiger partial charge in [0.1, 0.15) is 18.1 Å². The van der Waals surface area contributed by atoms with Crippen molar-refractivity contribution in [2.24, 2.45) is 0 Å². The summed E-state index contributed by atoms with van der Waals surface area (Å²) in [5.41, 5.74) is 5.54. The Morgan fingerprint density at radius 1 is 0.933 bits per heavy atom. The minimum atomic E-state index is -0.161. The van der Waals surface area contributed by atoms with Crippen LogP contribution in [0.3, 0.4) is 0 Å². The Morgan fingerprint density at radius 2 is 1.63 bits per heavy atom. The highest BCUT2D eigenvalue weighted by atomic mass is 16.5. The molecule has 3 aromatic carbocycles. The molecule has 0 aliphatic heterocycles. The van der Waals surface area contributed by atoms with Gasteiger partial charge in [-0.25, -0.2) is 0 Å². The van der Waals surface area contributed by atoms with Crippen LogP contribution < -0.4 is 14.8 Å². The number of nitrogens with one attached hydrogen (secondary N) is 1. The average Bonchev–Trinajstić information content (AvgIpc) is 2.71. The summed E-state index contributed by atoms with van der Waals surface area (Å²) in [5.74, 6) is 1.74. The number of aryl methyl sites for hydroxylation is 2. The van der Waals surface area contributed by atoms with Crippen LogP contribution in [0.5, 0.6) is 11.5 Å². The van der Waals surface area contributed by atoms with E-state index in [1.807, 2.05) is 56.3 Å². The van der Waals surface area contributed by atoms with E-state index in [0.717, 1.165) is 33.7 Å². The molecule has 0 atom stereocenters. The monoisotopic (exact) mass is 403 g/mol. The smallest absolute Gasteiger partial charge is 0.255 e. The predicted octanol–water partition coefficient (Wildman–Crippen LogP) is 6.27. The standard InChI is InChI=1S/C26H29NO3/c1-17(2)23-8-6-7-9-25(23)30-16-21-15-20(10-11-24(21)29-5)26(28)27-22-13-18(3)12-19(4)14-22/h6-15,17H,16H2,1-5H3,(H,27,28). The number of para-hydroxylation sites is 1. The fourth-order valence-corrected chi connectivity index (χ4v) is 3.53. The molecule has 0 heterocycles. The van der Waals surface area contributed by atoms with Gasteiger partial charge in [0.25, 0.3) is 5.91 Å². The molecule has 4 nitrogen and oxygen atoms in total. The number of carbonyl (C=O) groups is 1. The highest BCUT2D eigenvalue weighted by molar-refractivity contribution is 6.04. The maximum Gasteiger partial charge on any atom is 0.255 e. The van der Waals surface area contributed by atoms with Gasteiger partial charge in [0.15, 0.2) is 0 Å². The van der Waals surface area contributed by atoms with Gasteiger partial charge in [0.2, 0.25) is 0 Å². The van der Waals surface area contributed by atoms with Crippen LogP contribution in [0.1, 0.15) is 52.4 Å². The first-order valence-corrected chi connectivity index (χ1v) is 10.2. The summed E-state index contributed by atoms with van der Waals surface area (Å²) in [6, 6.07) is 19.4. The number of carbonyl (C=O) groups excluding carboxylic acids is 1. The van der Waals surface area contributed by atoms with E-state index < -0.39 is 0 Å². The second-order valence-electron chi connectivity index (χ2n) is 7.84. The number of ether oxygens (including phenoxy) is 2. The van der Waals surface area contributed by atoms with Crippen LogP contribution in [-0.2, 0) is 6.61 Å². The molecule has 4 heteroatoms. The maximum atomic E-state index is 12.8. The van der Waals surface area contributed by atoms with Gasteiger partial charge < -0.3 is 14.8 Å². The molecule has 3 rings (SSSR count). The van der Waals surface area contributed by atoms with Crippen molar-refractivity contribution in [2.45, 2.75) is 40.2 Å². The second-order valence-corrected chi connectivity index (χ2v) is 7.84. The summed E-state index contributed by atoms with van der Waals surface area (Å²) in [5, 5.41) is 2.98. The lowest BCUT2D eigenvalue weighted by atomic mass is 10.0. The summed E-state index contributed by atoms with van der Waals surface area (Å²) in [6.07, 6.45) is 0. The number of methoxy groups -OCH3 is 1. The molecular formula is C26H29NO3. The molecule has 1 amide bonds. The molecule has 156 valence electrons. The number of anilines is 1. The molecule has 0 saturated carbocycles. The molecule has 0 aliphatic carbocycles. The first-order valence-electron chi connectivity index (χ1n) is 10.2. The van der Waals surface area contributed by atoms with E-state index in [9.17, 15) is 4.79 Å². The van der Waals surface area contributed by atoms with E-state index in [1.54, 1.807) is 13.2 Å². The molecule has 3 aromatic rings. The van der Waals surface area contributed by atoms with Crippen LogP contribution in [0.4, 0.5) is 5.69 Å². The average molecular weight is 404 g/mol. The maximum absolute atomic E-state index is 12.8. The minimum Gasteiger partial charge on any atom is -0.496 e. The van der Waals surface area contributed by atoms with Gasteiger partial charge in [-0.15, -0.1) is 0 Å². The van der Waals surface area contributed by atoms with Crippen molar-refractivity contribution in [3.05, 3.63) is 88.5 Å². The Balaban J connectivity index is 1.80. The molecule has 0 spiro atoms. The van der Waals surface area contributed by atoms with Gasteiger partial charge >= 0.3 is 0 Å². The van der Waals surface area contributed by atoms with Crippen LogP contribution >= 0.6 is 0 Å². The summed E-state index contributed by atoms with van der Waals surface area (Å²) >= 11 is 0. The molecule has 0 unspecified atom stereocenters. The van der Waals surface area contributed by atoms with E-state index in [-0.39, 0.29) is 5.91 Å². The molecule has 0 radical (unpaired) electrons. The van der Waals surface area contributed by atoms with E-state index in [2.05, 4.69) is 31.3 Å². The van der Waals surface area contributed by atoms with Crippen molar-refractivity contribution in [1.29, 1.82) is 0 Å². The van der Waals surface area contributed by atoms with Gasteiger partial charge in [0.05, 0.1) is 7.11 Å². The Bertz CT molecular complexity index is 1020. The normalized spacial score (nSPS) is 10.7. The Labute approximate surface area is 178 Å². The van der Waals surface area contributed by atoms with Gasteiger partial charge in [-0.05, 0) is 72.9 Å². The van der Waals surface area contributed by atoms with E-state index in [0.29, 0.717) is 23.8 Å². The van der Waals surface area contributed by atoms with Gasteiger partial charge in [-0.3, -0.25) is 4.79 Å². The molecule has 30 heavy (non-hydrogen) atoms. The summed E-state index contributed by atoms with van der Waals surface area (Å²) < 4.78 is 11.6. The zero-order chi connectivity index (χ0) is 21.7. The fourth-order valence-electron chi connectivity index (χ4n) is 3.53. The molecule has 0 bridgehead atoms. The van der Waals surface area contributed by atoms with Crippen molar-refractivity contribution in [1.82, 2.24) is 0 Å². The highest BCUT2D eigenvalue weighted by Crippen LogP contribution is 2.28. The van der Waals surface area contributed by atoms with Crippen molar-refractivity contribution in [3.8, 4) is 11.5 Å². The fraction of sp³-hybridized carbons (Fsp3) is 0.269. The minimum absolute atomic E-state index is 0.161. The number of hydrogen-bond donors (Lipinski definition) is 1. The lowest BCUT2D eigenvalue weighted by Gasteiger charge is -2.16. The third-order valence-electron chi connectivity index (χ3n) is 4.95. The summed E-state index contributed by atoms with van der Waals surface area (Å²) in [6.45, 7) is 8.63. The Kier molecular flexibility index (Phi) is 6.78. The largest absolute Gasteiger partial charge is 0.496 e. The van der Waals surface area contributed by atoms with E-state index in [4.69, 9.17) is 9.47 Å². The van der Waals surface area contributed by atoms with Gasteiger partial charge in [-0.1, -0.05) is 38.1 Å². The van der Waals surface area contributed by atoms with E-state index in [1.165, 1.54) is 0 Å². The lowest BCUT2D eigenvalue weighted by molar-refractivity contribution is 0.102. The SMILES string of the molecule is COc1ccc(C(=O)Nc2cc(C)cc(C)c2)cc1COc1ccccc1C(C)C. The summed E-state index contributed by atoms with van der Waals surface area (Å²) in [4.78, 5) is 12.8. The van der Waals surface area contributed by atoms with Crippen LogP contribution in [0.25, 0.3) is 0 Å². The number of rotatable bonds is 7. The third kappa shape index (κ3) is 5.20. The first kappa shape index (κ1) is 21.4. The first-order chi connectivity index (χ1) is 14.4. The number of amides is 1. The zero-order valence-electron chi connectivity index (χ0n) is 18.3. The Morgan fingerprint density at radius 3 is 2.30 bits per heavy atom. The summed E-state index contributed by atoms with van der Waals surface area (Å²) in [7, 11) is 1.62. The molecule has 1 N–H and O–H groups in total. The van der Waals surface area contributed by atoms with Crippen LogP contribution in [0.2, 0.25) is 0 Å². The van der Waals surface area contributed by atoms with Crippen molar-refractivity contribution in [2.75, 3.05) is 12.4 Å². The van der Waals surface area contributed by atoms with Crippen molar-refractivity contribution < 1.29 is 14.3 Å². The quantitative estimate of drug-likeness (QED) is 0.506. The van der Waals surface area contributed by atoms with Crippen LogP contribution in [0.15, 0.2) is 60.7 Å². The molecule has 0 fully saturated rings. The molecule has 0 aliphatic rings. The van der Waals surface area contributed by atoms with Crippen LogP contribution in [0, 0.1) is 13.8 Å². The van der Waals surface area contributed by atoms with Crippen molar-refractivity contribution in [3.63, 3.8) is 0 Å². The highest BCUT2D eigenvalue weighted by Gasteiger charge is 2.13. The Hall–Kier alpha value is -3.27. The lowest BCUT2D eigenvalue weighted by Crippen LogP contribution is -2.13.